The lowest BCUT2D eigenvalue weighted by Crippen LogP contribution is -2.17. The van der Waals surface area contributed by atoms with E-state index in [9.17, 15) is 9.59 Å². The van der Waals surface area contributed by atoms with Gasteiger partial charge in [-0.1, -0.05) is 64.6 Å². The van der Waals surface area contributed by atoms with Crippen LogP contribution in [0.2, 0.25) is 15.1 Å². The predicted molar refractivity (Wildman–Crippen MR) is 124 cm³/mol. The highest BCUT2D eigenvalue weighted by Gasteiger charge is 2.21. The van der Waals surface area contributed by atoms with Crippen molar-refractivity contribution >= 4 is 51.6 Å². The number of aryl methyl sites for hydroxylation is 1. The molecule has 3 aromatic carbocycles. The van der Waals surface area contributed by atoms with Gasteiger partial charge in [-0.3, -0.25) is 9.59 Å². The normalized spacial score (nSPS) is 11.0. The molecule has 0 amide bonds. The summed E-state index contributed by atoms with van der Waals surface area (Å²) in [6.45, 7) is 1.59. The van der Waals surface area contributed by atoms with Crippen molar-refractivity contribution in [2.45, 2.75) is 6.92 Å². The molecule has 1 heterocycles. The van der Waals surface area contributed by atoms with Crippen molar-refractivity contribution in [3.8, 4) is 17.1 Å². The van der Waals surface area contributed by atoms with Gasteiger partial charge in [0.15, 0.2) is 23.7 Å². The lowest BCUT2D eigenvalue weighted by molar-refractivity contribution is 0.0920. The third kappa shape index (κ3) is 4.47. The Morgan fingerprint density at radius 2 is 1.61 bits per heavy atom. The van der Waals surface area contributed by atoms with Gasteiger partial charge in [0.25, 0.3) is 0 Å². The van der Waals surface area contributed by atoms with E-state index in [4.69, 9.17) is 44.0 Å². The van der Waals surface area contributed by atoms with Gasteiger partial charge < -0.3 is 9.15 Å². The van der Waals surface area contributed by atoms with Crippen LogP contribution in [0.3, 0.4) is 0 Å². The van der Waals surface area contributed by atoms with Crippen LogP contribution in [0.1, 0.15) is 15.9 Å². The average Bonchev–Trinajstić information content (AvgIpc) is 2.74. The van der Waals surface area contributed by atoms with Crippen molar-refractivity contribution < 1.29 is 13.9 Å². The summed E-state index contributed by atoms with van der Waals surface area (Å²) in [6.07, 6.45) is 0. The quantitative estimate of drug-likeness (QED) is 0.293. The summed E-state index contributed by atoms with van der Waals surface area (Å²) in [5.41, 5.74) is 1.80. The van der Waals surface area contributed by atoms with Gasteiger partial charge in [-0.15, -0.1) is 0 Å². The van der Waals surface area contributed by atoms with Gasteiger partial charge in [-0.05, 0) is 43.3 Å². The van der Waals surface area contributed by atoms with Gasteiger partial charge in [0.2, 0.25) is 11.2 Å². The number of benzene rings is 3. The highest BCUT2D eigenvalue weighted by atomic mass is 35.5. The summed E-state index contributed by atoms with van der Waals surface area (Å²) >= 11 is 18.2. The van der Waals surface area contributed by atoms with Crippen LogP contribution in [0, 0.1) is 6.92 Å². The molecule has 0 saturated heterocycles. The number of fused-ring (bicyclic) bond motifs is 1. The van der Waals surface area contributed by atoms with Crippen molar-refractivity contribution in [2.75, 3.05) is 6.61 Å². The van der Waals surface area contributed by atoms with Crippen molar-refractivity contribution in [1.82, 2.24) is 0 Å². The fourth-order valence-corrected chi connectivity index (χ4v) is 3.75. The van der Waals surface area contributed by atoms with Gasteiger partial charge in [0.05, 0.1) is 10.4 Å². The first-order valence-electron chi connectivity index (χ1n) is 9.28. The molecule has 0 atom stereocenters. The Bertz CT molecular complexity index is 1340. The molecule has 4 aromatic rings. The van der Waals surface area contributed by atoms with E-state index in [0.29, 0.717) is 16.1 Å². The van der Waals surface area contributed by atoms with Crippen LogP contribution >= 0.6 is 34.8 Å². The highest BCUT2D eigenvalue weighted by molar-refractivity contribution is 6.38. The van der Waals surface area contributed by atoms with E-state index in [0.717, 1.165) is 5.56 Å². The smallest absolute Gasteiger partial charge is 0.235 e. The number of Topliss-reactive ketones (excluding diaryl/α,β-unsaturated/α-hetero) is 1. The summed E-state index contributed by atoms with van der Waals surface area (Å²) in [6, 6.07) is 16.7. The first kappa shape index (κ1) is 21.4. The molecule has 0 aliphatic carbocycles. The second-order valence-corrected chi connectivity index (χ2v) is 8.22. The number of halogens is 3. The van der Waals surface area contributed by atoms with Gasteiger partial charge in [-0.25, -0.2) is 0 Å². The standard InChI is InChI=1S/C24H15Cl3O4/c1-13-2-4-15(5-3-13)22-24(30-12-20(28)14-6-8-16(25)9-7-14)21(29)18-10-17(26)11-19(27)23(18)31-22/h2-11H,12H2,1H3. The summed E-state index contributed by atoms with van der Waals surface area (Å²) < 4.78 is 11.7. The molecule has 31 heavy (non-hydrogen) atoms. The minimum Gasteiger partial charge on any atom is -0.478 e. The second kappa shape index (κ2) is 8.75. The first-order valence-corrected chi connectivity index (χ1v) is 10.4. The molecular formula is C24H15Cl3O4. The molecule has 0 saturated carbocycles. The molecule has 1 aromatic heterocycles. The number of carbonyl (C=O) groups is 1. The number of carbonyl (C=O) groups excluding carboxylic acids is 1. The van der Waals surface area contributed by atoms with Crippen molar-refractivity contribution in [2.24, 2.45) is 0 Å². The fourth-order valence-electron chi connectivity index (χ4n) is 3.09. The number of hydrogen-bond acceptors (Lipinski definition) is 4. The largest absolute Gasteiger partial charge is 0.478 e. The number of ketones is 1. The van der Waals surface area contributed by atoms with Crippen LogP contribution in [-0.4, -0.2) is 12.4 Å². The van der Waals surface area contributed by atoms with E-state index in [2.05, 4.69) is 0 Å². The van der Waals surface area contributed by atoms with Crippen LogP contribution in [0.25, 0.3) is 22.3 Å². The zero-order valence-electron chi connectivity index (χ0n) is 16.2. The van der Waals surface area contributed by atoms with E-state index in [1.807, 2.05) is 19.1 Å². The Morgan fingerprint density at radius 3 is 2.29 bits per heavy atom. The number of hydrogen-bond donors (Lipinski definition) is 0. The number of rotatable bonds is 5. The third-order valence-electron chi connectivity index (χ3n) is 4.70. The topological polar surface area (TPSA) is 56.5 Å². The molecule has 0 bridgehead atoms. The molecular weight excluding hydrogens is 459 g/mol. The molecule has 4 nitrogen and oxygen atoms in total. The molecule has 156 valence electrons. The summed E-state index contributed by atoms with van der Waals surface area (Å²) in [7, 11) is 0. The zero-order valence-corrected chi connectivity index (χ0v) is 18.5. The van der Waals surface area contributed by atoms with E-state index in [1.54, 1.807) is 36.4 Å². The Labute approximate surface area is 192 Å². The average molecular weight is 474 g/mol. The molecule has 7 heteroatoms. The predicted octanol–water partition coefficient (Wildman–Crippen LogP) is 6.99. The summed E-state index contributed by atoms with van der Waals surface area (Å²) in [4.78, 5) is 25.8. The van der Waals surface area contributed by atoms with Gasteiger partial charge in [0.1, 0.15) is 0 Å². The molecule has 0 fully saturated rings. The summed E-state index contributed by atoms with van der Waals surface area (Å²) in [5, 5.41) is 1.18. The SMILES string of the molecule is Cc1ccc(-c2oc3c(Cl)cc(Cl)cc3c(=O)c2OCC(=O)c2ccc(Cl)cc2)cc1. The van der Waals surface area contributed by atoms with Crippen LogP contribution in [0.4, 0.5) is 0 Å². The molecule has 0 aliphatic rings. The molecule has 0 radical (unpaired) electrons. The molecule has 0 spiro atoms. The lowest BCUT2D eigenvalue weighted by Gasteiger charge is -2.12. The third-order valence-corrected chi connectivity index (χ3v) is 5.45. The van der Waals surface area contributed by atoms with Crippen LogP contribution < -0.4 is 10.2 Å². The maximum atomic E-state index is 13.3. The van der Waals surface area contributed by atoms with Crippen LogP contribution in [-0.2, 0) is 0 Å². The van der Waals surface area contributed by atoms with Crippen molar-refractivity contribution in [1.29, 1.82) is 0 Å². The minimum absolute atomic E-state index is 0.0861. The number of ether oxygens (including phenoxy) is 1. The highest BCUT2D eigenvalue weighted by Crippen LogP contribution is 2.35. The lowest BCUT2D eigenvalue weighted by atomic mass is 10.1. The molecule has 0 aliphatic heterocycles. The van der Waals surface area contributed by atoms with Crippen LogP contribution in [0.15, 0.2) is 69.9 Å². The Hall–Kier alpha value is -2.79. The second-order valence-electron chi connectivity index (χ2n) is 6.94. The molecule has 4 rings (SSSR count). The summed E-state index contributed by atoms with van der Waals surface area (Å²) in [5.74, 6) is -0.210. The van der Waals surface area contributed by atoms with Crippen LogP contribution in [0.5, 0.6) is 5.75 Å². The van der Waals surface area contributed by atoms with E-state index >= 15 is 0 Å². The Balaban J connectivity index is 1.81. The fraction of sp³-hybridized carbons (Fsp3) is 0.0833. The molecule has 0 N–H and O–H groups in total. The van der Waals surface area contributed by atoms with Crippen molar-refractivity contribution in [3.63, 3.8) is 0 Å². The van der Waals surface area contributed by atoms with Gasteiger partial charge in [-0.2, -0.15) is 0 Å². The van der Waals surface area contributed by atoms with Crippen molar-refractivity contribution in [3.05, 3.63) is 97.1 Å². The Kier molecular flexibility index (Phi) is 6.05. The monoisotopic (exact) mass is 472 g/mol. The van der Waals surface area contributed by atoms with E-state index in [-0.39, 0.29) is 44.9 Å². The Morgan fingerprint density at radius 1 is 0.935 bits per heavy atom. The maximum absolute atomic E-state index is 13.3. The zero-order chi connectivity index (χ0) is 22.1. The minimum atomic E-state index is -0.467. The van der Waals surface area contributed by atoms with Gasteiger partial charge in [0, 0.05) is 21.2 Å². The molecule has 0 unspecified atom stereocenters. The van der Waals surface area contributed by atoms with E-state index in [1.165, 1.54) is 12.1 Å². The van der Waals surface area contributed by atoms with E-state index < -0.39 is 5.43 Å². The maximum Gasteiger partial charge on any atom is 0.235 e. The van der Waals surface area contributed by atoms with Gasteiger partial charge >= 0.3 is 0 Å². The first-order chi connectivity index (χ1) is 14.8.